The Hall–Kier alpha value is -3.06. The number of carbonyl (C=O) groups is 2. The summed E-state index contributed by atoms with van der Waals surface area (Å²) in [5.74, 6) is 0.999. The van der Waals surface area contributed by atoms with Crippen molar-refractivity contribution in [3.8, 4) is 11.5 Å². The van der Waals surface area contributed by atoms with E-state index in [1.165, 1.54) is 7.11 Å². The Bertz CT molecular complexity index is 1030. The third-order valence-electron chi connectivity index (χ3n) is 4.70. The lowest BCUT2D eigenvalue weighted by atomic mass is 10.0. The highest BCUT2D eigenvalue weighted by Crippen LogP contribution is 2.43. The standard InChI is InChI=1S/C22H19NO5S/c1-26-14-10-18(27-2)20-17(24)12-15(29-19(20)11-14)8-9-16-22(25)28-21(23-16)13-6-4-3-5-7-13/h3-7,9-11,15H,8,12H2,1-2H3. The van der Waals surface area contributed by atoms with E-state index in [9.17, 15) is 9.59 Å². The Morgan fingerprint density at radius 2 is 1.97 bits per heavy atom. The highest BCUT2D eigenvalue weighted by molar-refractivity contribution is 8.00. The number of esters is 1. The zero-order valence-electron chi connectivity index (χ0n) is 16.0. The van der Waals surface area contributed by atoms with Gasteiger partial charge in [0.05, 0.1) is 19.8 Å². The molecule has 0 aromatic heterocycles. The van der Waals surface area contributed by atoms with Crippen molar-refractivity contribution in [1.82, 2.24) is 0 Å². The molecular formula is C22H19NO5S. The van der Waals surface area contributed by atoms with E-state index in [0.29, 0.717) is 35.8 Å². The number of methoxy groups -OCH3 is 2. The second kappa shape index (κ2) is 8.13. The number of fused-ring (bicyclic) bond motifs is 1. The molecule has 0 aliphatic carbocycles. The number of nitrogens with zero attached hydrogens (tertiary/aromatic N) is 1. The van der Waals surface area contributed by atoms with Crippen molar-refractivity contribution < 1.29 is 23.8 Å². The fourth-order valence-corrected chi connectivity index (χ4v) is 4.57. The van der Waals surface area contributed by atoms with Crippen LogP contribution in [-0.4, -0.2) is 37.1 Å². The van der Waals surface area contributed by atoms with Gasteiger partial charge in [0.15, 0.2) is 5.78 Å². The van der Waals surface area contributed by atoms with Gasteiger partial charge >= 0.3 is 5.97 Å². The number of thioether (sulfide) groups is 1. The second-order valence-electron chi connectivity index (χ2n) is 6.57. The van der Waals surface area contributed by atoms with Crippen LogP contribution < -0.4 is 9.47 Å². The molecule has 0 N–H and O–H groups in total. The lowest BCUT2D eigenvalue weighted by molar-refractivity contribution is -0.130. The number of hydrogen-bond acceptors (Lipinski definition) is 7. The summed E-state index contributed by atoms with van der Waals surface area (Å²) in [4.78, 5) is 30.0. The monoisotopic (exact) mass is 409 g/mol. The fourth-order valence-electron chi connectivity index (χ4n) is 3.27. The zero-order chi connectivity index (χ0) is 20.4. The van der Waals surface area contributed by atoms with E-state index in [-0.39, 0.29) is 16.7 Å². The van der Waals surface area contributed by atoms with Crippen molar-refractivity contribution in [2.75, 3.05) is 14.2 Å². The molecule has 0 saturated heterocycles. The normalized spacial score (nSPS) is 19.6. The van der Waals surface area contributed by atoms with Gasteiger partial charge in [-0.2, -0.15) is 0 Å². The molecule has 0 amide bonds. The molecule has 0 spiro atoms. The van der Waals surface area contributed by atoms with Crippen LogP contribution in [0.4, 0.5) is 0 Å². The minimum Gasteiger partial charge on any atom is -0.497 e. The Morgan fingerprint density at radius 1 is 1.17 bits per heavy atom. The van der Waals surface area contributed by atoms with E-state index in [2.05, 4.69) is 4.99 Å². The number of allylic oxidation sites excluding steroid dienone is 1. The average molecular weight is 409 g/mol. The maximum atomic E-state index is 12.7. The Kier molecular flexibility index (Phi) is 5.40. The summed E-state index contributed by atoms with van der Waals surface area (Å²) in [6.45, 7) is 0. The van der Waals surface area contributed by atoms with Crippen molar-refractivity contribution >= 4 is 29.4 Å². The van der Waals surface area contributed by atoms with Gasteiger partial charge in [-0.05, 0) is 30.7 Å². The van der Waals surface area contributed by atoms with E-state index >= 15 is 0 Å². The summed E-state index contributed by atoms with van der Waals surface area (Å²) in [6.07, 6.45) is 2.62. The summed E-state index contributed by atoms with van der Waals surface area (Å²) in [5.41, 5.74) is 1.61. The number of benzene rings is 2. The molecule has 0 radical (unpaired) electrons. The Balaban J connectivity index is 1.54. The maximum Gasteiger partial charge on any atom is 0.363 e. The van der Waals surface area contributed by atoms with E-state index in [1.54, 1.807) is 31.0 Å². The summed E-state index contributed by atoms with van der Waals surface area (Å²) in [5, 5.41) is -0.0110. The first-order chi connectivity index (χ1) is 14.1. The highest BCUT2D eigenvalue weighted by atomic mass is 32.2. The molecule has 4 rings (SSSR count). The number of rotatable bonds is 5. The second-order valence-corrected chi connectivity index (χ2v) is 7.91. The summed E-state index contributed by atoms with van der Waals surface area (Å²) in [6, 6.07) is 12.8. The van der Waals surface area contributed by atoms with Crippen molar-refractivity contribution in [2.24, 2.45) is 4.99 Å². The lowest BCUT2D eigenvalue weighted by Crippen LogP contribution is -2.18. The van der Waals surface area contributed by atoms with Crippen LogP contribution in [-0.2, 0) is 9.53 Å². The molecule has 1 unspecified atom stereocenters. The fraction of sp³-hybridized carbons (Fsp3) is 0.227. The maximum absolute atomic E-state index is 12.7. The number of ether oxygens (including phenoxy) is 3. The number of cyclic esters (lactones) is 1. The number of hydrogen-bond donors (Lipinski definition) is 0. The molecule has 2 aliphatic heterocycles. The molecule has 0 fully saturated rings. The van der Waals surface area contributed by atoms with Crippen LogP contribution >= 0.6 is 11.8 Å². The molecule has 2 aromatic carbocycles. The molecule has 6 nitrogen and oxygen atoms in total. The van der Waals surface area contributed by atoms with Crippen molar-refractivity contribution in [3.05, 3.63) is 65.4 Å². The van der Waals surface area contributed by atoms with Crippen LogP contribution in [0.25, 0.3) is 0 Å². The van der Waals surface area contributed by atoms with Crippen LogP contribution in [0.2, 0.25) is 0 Å². The molecular weight excluding hydrogens is 390 g/mol. The van der Waals surface area contributed by atoms with Gasteiger partial charge in [0.25, 0.3) is 0 Å². The van der Waals surface area contributed by atoms with Gasteiger partial charge in [-0.15, -0.1) is 11.8 Å². The smallest absolute Gasteiger partial charge is 0.363 e. The van der Waals surface area contributed by atoms with Gasteiger partial charge < -0.3 is 14.2 Å². The van der Waals surface area contributed by atoms with E-state index in [1.807, 2.05) is 36.4 Å². The first-order valence-corrected chi connectivity index (χ1v) is 9.99. The SMILES string of the molecule is COc1cc(OC)c2c(c1)SC(CC=C1N=C(c3ccccc3)OC1=O)CC2=O. The lowest BCUT2D eigenvalue weighted by Gasteiger charge is -2.24. The molecule has 7 heteroatoms. The van der Waals surface area contributed by atoms with Crippen LogP contribution in [0.5, 0.6) is 11.5 Å². The summed E-state index contributed by atoms with van der Waals surface area (Å²) >= 11 is 1.58. The molecule has 29 heavy (non-hydrogen) atoms. The van der Waals surface area contributed by atoms with Crippen LogP contribution in [0, 0.1) is 0 Å². The predicted octanol–water partition coefficient (Wildman–Crippen LogP) is 4.03. The van der Waals surface area contributed by atoms with E-state index < -0.39 is 5.97 Å². The molecule has 2 aliphatic rings. The minimum absolute atomic E-state index is 0.0110. The molecule has 148 valence electrons. The number of ketones is 1. The topological polar surface area (TPSA) is 74.2 Å². The Labute approximate surface area is 172 Å². The molecule has 2 heterocycles. The predicted molar refractivity (Wildman–Crippen MR) is 110 cm³/mol. The largest absolute Gasteiger partial charge is 0.497 e. The van der Waals surface area contributed by atoms with Crippen LogP contribution in [0.3, 0.4) is 0 Å². The van der Waals surface area contributed by atoms with Crippen molar-refractivity contribution in [3.63, 3.8) is 0 Å². The molecule has 0 bridgehead atoms. The Morgan fingerprint density at radius 3 is 2.69 bits per heavy atom. The van der Waals surface area contributed by atoms with E-state index in [4.69, 9.17) is 14.2 Å². The van der Waals surface area contributed by atoms with Gasteiger partial charge in [0.1, 0.15) is 17.2 Å². The molecule has 1 atom stereocenters. The number of carbonyl (C=O) groups excluding carboxylic acids is 2. The quantitative estimate of drug-likeness (QED) is 0.548. The van der Waals surface area contributed by atoms with Gasteiger partial charge in [-0.25, -0.2) is 9.79 Å². The average Bonchev–Trinajstić information content (AvgIpc) is 3.12. The van der Waals surface area contributed by atoms with Gasteiger partial charge in [0.2, 0.25) is 5.90 Å². The van der Waals surface area contributed by atoms with Crippen molar-refractivity contribution in [2.45, 2.75) is 23.0 Å². The van der Waals surface area contributed by atoms with Crippen LogP contribution in [0.1, 0.15) is 28.8 Å². The van der Waals surface area contributed by atoms with Crippen molar-refractivity contribution in [1.29, 1.82) is 0 Å². The molecule has 2 aromatic rings. The third kappa shape index (κ3) is 3.91. The zero-order valence-corrected chi connectivity index (χ0v) is 16.8. The third-order valence-corrected chi connectivity index (χ3v) is 5.96. The van der Waals surface area contributed by atoms with Gasteiger partial charge in [-0.3, -0.25) is 4.79 Å². The van der Waals surface area contributed by atoms with Gasteiger partial charge in [0, 0.05) is 28.2 Å². The molecule has 0 saturated carbocycles. The van der Waals surface area contributed by atoms with Gasteiger partial charge in [-0.1, -0.05) is 18.2 Å². The van der Waals surface area contributed by atoms with Crippen LogP contribution in [0.15, 0.2) is 64.1 Å². The number of Topliss-reactive ketones (excluding diaryl/α,β-unsaturated/α-hetero) is 1. The highest BCUT2D eigenvalue weighted by Gasteiger charge is 2.30. The minimum atomic E-state index is -0.472. The summed E-state index contributed by atoms with van der Waals surface area (Å²) in [7, 11) is 3.12. The first-order valence-electron chi connectivity index (χ1n) is 9.11. The van der Waals surface area contributed by atoms with E-state index in [0.717, 1.165) is 10.5 Å². The summed E-state index contributed by atoms with van der Waals surface area (Å²) < 4.78 is 15.9. The number of aliphatic imine (C=N–C) groups is 1. The first kappa shape index (κ1) is 19.3.